The number of rotatable bonds is 6. The number of carbonyl (C=O) groups excluding carboxylic acids is 1. The van der Waals surface area contributed by atoms with Crippen LogP contribution in [-0.4, -0.2) is 23.0 Å². The fraction of sp³-hybridized carbons (Fsp3) is 0.538. The van der Waals surface area contributed by atoms with Gasteiger partial charge in [0.25, 0.3) is 0 Å². The fourth-order valence-electron chi connectivity index (χ4n) is 1.89. The van der Waals surface area contributed by atoms with Crippen LogP contribution in [0.4, 0.5) is 0 Å². The van der Waals surface area contributed by atoms with Crippen LogP contribution in [0, 0.1) is 13.8 Å². The van der Waals surface area contributed by atoms with E-state index >= 15 is 0 Å². The molecule has 0 spiro atoms. The average Bonchev–Trinajstić information content (AvgIpc) is 2.65. The summed E-state index contributed by atoms with van der Waals surface area (Å²) in [5, 5.41) is 11.3. The molecule has 1 heterocycles. The van der Waals surface area contributed by atoms with Crippen LogP contribution in [0.2, 0.25) is 0 Å². The van der Waals surface area contributed by atoms with Gasteiger partial charge in [-0.15, -0.1) is 0 Å². The SMILES string of the molecule is Cc1cc(C(C)NC(=O)C(N)CCC(=O)O)c(C)o1. The number of amides is 1. The Labute approximate surface area is 112 Å². The summed E-state index contributed by atoms with van der Waals surface area (Å²) in [5.74, 6) is 0.220. The monoisotopic (exact) mass is 268 g/mol. The van der Waals surface area contributed by atoms with Crippen LogP contribution in [0.25, 0.3) is 0 Å². The van der Waals surface area contributed by atoms with Crippen molar-refractivity contribution in [3.63, 3.8) is 0 Å². The number of nitrogens with one attached hydrogen (secondary N) is 1. The molecule has 0 saturated carbocycles. The predicted octanol–water partition coefficient (Wildman–Crippen LogP) is 1.27. The van der Waals surface area contributed by atoms with E-state index in [1.165, 1.54) is 0 Å². The largest absolute Gasteiger partial charge is 0.481 e. The number of aryl methyl sites for hydroxylation is 2. The highest BCUT2D eigenvalue weighted by Crippen LogP contribution is 2.21. The molecular formula is C13H20N2O4. The van der Waals surface area contributed by atoms with Gasteiger partial charge < -0.3 is 20.6 Å². The lowest BCUT2D eigenvalue weighted by Gasteiger charge is -2.16. The molecule has 0 aliphatic heterocycles. The van der Waals surface area contributed by atoms with Crippen LogP contribution < -0.4 is 11.1 Å². The number of carboxylic acids is 1. The molecule has 4 N–H and O–H groups in total. The second-order valence-electron chi connectivity index (χ2n) is 4.64. The van der Waals surface area contributed by atoms with Crippen molar-refractivity contribution < 1.29 is 19.1 Å². The van der Waals surface area contributed by atoms with E-state index in [0.717, 1.165) is 17.1 Å². The smallest absolute Gasteiger partial charge is 0.303 e. The first-order valence-corrected chi connectivity index (χ1v) is 6.16. The minimum Gasteiger partial charge on any atom is -0.481 e. The van der Waals surface area contributed by atoms with Crippen LogP contribution in [0.5, 0.6) is 0 Å². The van der Waals surface area contributed by atoms with Gasteiger partial charge in [0, 0.05) is 12.0 Å². The van der Waals surface area contributed by atoms with E-state index in [1.54, 1.807) is 0 Å². The number of nitrogens with two attached hydrogens (primary N) is 1. The maximum atomic E-state index is 11.8. The van der Waals surface area contributed by atoms with E-state index in [-0.39, 0.29) is 24.8 Å². The highest BCUT2D eigenvalue weighted by Gasteiger charge is 2.19. The quantitative estimate of drug-likeness (QED) is 0.720. The topological polar surface area (TPSA) is 106 Å². The molecule has 106 valence electrons. The Hall–Kier alpha value is -1.82. The normalized spacial score (nSPS) is 13.9. The van der Waals surface area contributed by atoms with Crippen LogP contribution >= 0.6 is 0 Å². The van der Waals surface area contributed by atoms with Crippen molar-refractivity contribution in [2.45, 2.75) is 45.7 Å². The minimum absolute atomic E-state index is 0.118. The zero-order valence-corrected chi connectivity index (χ0v) is 11.4. The molecule has 0 aliphatic carbocycles. The molecule has 0 aliphatic rings. The van der Waals surface area contributed by atoms with Gasteiger partial charge in [-0.25, -0.2) is 0 Å². The van der Waals surface area contributed by atoms with Gasteiger partial charge >= 0.3 is 5.97 Å². The third-order valence-corrected chi connectivity index (χ3v) is 2.91. The third-order valence-electron chi connectivity index (χ3n) is 2.91. The van der Waals surface area contributed by atoms with Crippen molar-refractivity contribution in [3.8, 4) is 0 Å². The van der Waals surface area contributed by atoms with E-state index in [2.05, 4.69) is 5.32 Å². The number of carbonyl (C=O) groups is 2. The Morgan fingerprint density at radius 2 is 2.11 bits per heavy atom. The maximum absolute atomic E-state index is 11.8. The van der Waals surface area contributed by atoms with Crippen molar-refractivity contribution in [2.24, 2.45) is 5.73 Å². The molecule has 0 radical (unpaired) electrons. The third kappa shape index (κ3) is 4.40. The Bertz CT molecular complexity index is 467. The molecule has 6 nitrogen and oxygen atoms in total. The fourth-order valence-corrected chi connectivity index (χ4v) is 1.89. The first-order valence-electron chi connectivity index (χ1n) is 6.16. The number of furan rings is 1. The second-order valence-corrected chi connectivity index (χ2v) is 4.64. The Morgan fingerprint density at radius 1 is 1.47 bits per heavy atom. The zero-order chi connectivity index (χ0) is 14.6. The summed E-state index contributed by atoms with van der Waals surface area (Å²) in [7, 11) is 0. The van der Waals surface area contributed by atoms with Crippen LogP contribution in [0.15, 0.2) is 10.5 Å². The van der Waals surface area contributed by atoms with Crippen LogP contribution in [0.3, 0.4) is 0 Å². The highest BCUT2D eigenvalue weighted by molar-refractivity contribution is 5.82. The lowest BCUT2D eigenvalue weighted by molar-refractivity contribution is -0.137. The van der Waals surface area contributed by atoms with E-state index in [1.807, 2.05) is 26.8 Å². The minimum atomic E-state index is -0.961. The predicted molar refractivity (Wildman–Crippen MR) is 69.6 cm³/mol. The van der Waals surface area contributed by atoms with Gasteiger partial charge in [-0.05, 0) is 33.3 Å². The summed E-state index contributed by atoms with van der Waals surface area (Å²) in [4.78, 5) is 22.2. The maximum Gasteiger partial charge on any atom is 0.303 e. The summed E-state index contributed by atoms with van der Waals surface area (Å²) in [6.07, 6.45) is 0.00406. The molecule has 19 heavy (non-hydrogen) atoms. The van der Waals surface area contributed by atoms with Gasteiger partial charge in [0.2, 0.25) is 5.91 Å². The summed E-state index contributed by atoms with van der Waals surface area (Å²) in [5.41, 5.74) is 6.54. The Balaban J connectivity index is 2.56. The van der Waals surface area contributed by atoms with E-state index in [4.69, 9.17) is 15.3 Å². The summed E-state index contributed by atoms with van der Waals surface area (Å²) < 4.78 is 5.40. The molecule has 0 bridgehead atoms. The van der Waals surface area contributed by atoms with Gasteiger partial charge in [0.05, 0.1) is 12.1 Å². The molecule has 1 amide bonds. The molecule has 2 unspecified atom stereocenters. The highest BCUT2D eigenvalue weighted by atomic mass is 16.4. The molecule has 1 rings (SSSR count). The first kappa shape index (κ1) is 15.2. The zero-order valence-electron chi connectivity index (χ0n) is 11.4. The van der Waals surface area contributed by atoms with Crippen molar-refractivity contribution in [1.29, 1.82) is 0 Å². The van der Waals surface area contributed by atoms with Gasteiger partial charge in [0.15, 0.2) is 0 Å². The van der Waals surface area contributed by atoms with Gasteiger partial charge in [0.1, 0.15) is 11.5 Å². The average molecular weight is 268 g/mol. The number of aliphatic carboxylic acids is 1. The molecule has 6 heteroatoms. The van der Waals surface area contributed by atoms with Gasteiger partial charge in [-0.2, -0.15) is 0 Å². The molecule has 2 atom stereocenters. The van der Waals surface area contributed by atoms with Crippen molar-refractivity contribution >= 4 is 11.9 Å². The van der Waals surface area contributed by atoms with Crippen LogP contribution in [0.1, 0.15) is 42.9 Å². The lowest BCUT2D eigenvalue weighted by Crippen LogP contribution is -2.41. The van der Waals surface area contributed by atoms with Crippen LogP contribution in [-0.2, 0) is 9.59 Å². The molecule has 0 saturated heterocycles. The second kappa shape index (κ2) is 6.38. The summed E-state index contributed by atoms with van der Waals surface area (Å²) in [6.45, 7) is 5.50. The molecule has 1 aromatic heterocycles. The summed E-state index contributed by atoms with van der Waals surface area (Å²) in [6, 6.07) is 0.830. The van der Waals surface area contributed by atoms with Gasteiger partial charge in [-0.1, -0.05) is 0 Å². The molecule has 0 fully saturated rings. The van der Waals surface area contributed by atoms with E-state index < -0.39 is 12.0 Å². The first-order chi connectivity index (χ1) is 8.81. The standard InChI is InChI=1S/C13H20N2O4/c1-7-6-10(9(3)19-7)8(2)15-13(18)11(14)4-5-12(16)17/h6,8,11H,4-5,14H2,1-3H3,(H,15,18)(H,16,17). The molecule has 1 aromatic rings. The molecule has 0 aromatic carbocycles. The number of carboxylic acid groups (broad SMARTS) is 1. The van der Waals surface area contributed by atoms with Crippen molar-refractivity contribution in [1.82, 2.24) is 5.32 Å². The lowest BCUT2D eigenvalue weighted by atomic mass is 10.1. The molecular weight excluding hydrogens is 248 g/mol. The number of hydrogen-bond donors (Lipinski definition) is 3. The van der Waals surface area contributed by atoms with Gasteiger partial charge in [-0.3, -0.25) is 9.59 Å². The Morgan fingerprint density at radius 3 is 2.58 bits per heavy atom. The number of hydrogen-bond acceptors (Lipinski definition) is 4. The van der Waals surface area contributed by atoms with Crippen molar-refractivity contribution in [3.05, 3.63) is 23.2 Å². The van der Waals surface area contributed by atoms with Crippen molar-refractivity contribution in [2.75, 3.05) is 0 Å². The van der Waals surface area contributed by atoms with E-state index in [9.17, 15) is 9.59 Å². The van der Waals surface area contributed by atoms with E-state index in [0.29, 0.717) is 0 Å². The summed E-state index contributed by atoms with van der Waals surface area (Å²) >= 11 is 0. The Kier molecular flexibility index (Phi) is 5.11.